The fourth-order valence-corrected chi connectivity index (χ4v) is 3.65. The zero-order valence-corrected chi connectivity index (χ0v) is 10.7. The molecular weight excluding hydrogens is 222 g/mol. The third kappa shape index (κ3) is 3.08. The molecule has 0 saturated carbocycles. The van der Waals surface area contributed by atoms with Crippen molar-refractivity contribution in [2.75, 3.05) is 29.6 Å². The second-order valence-electron chi connectivity index (χ2n) is 3.81. The van der Waals surface area contributed by atoms with E-state index in [-0.39, 0.29) is 0 Å². The van der Waals surface area contributed by atoms with Gasteiger partial charge in [0.05, 0.1) is 0 Å². The summed E-state index contributed by atoms with van der Waals surface area (Å²) in [4.78, 5) is 1.35. The van der Waals surface area contributed by atoms with Crippen LogP contribution in [0.3, 0.4) is 0 Å². The number of thioether (sulfide) groups is 2. The molecule has 1 heterocycles. The molecule has 0 aliphatic carbocycles. The van der Waals surface area contributed by atoms with Gasteiger partial charge in [0.2, 0.25) is 0 Å². The lowest BCUT2D eigenvalue weighted by Crippen LogP contribution is -2.13. The number of nitrogens with one attached hydrogen (secondary N) is 1. The monoisotopic (exact) mass is 239 g/mol. The van der Waals surface area contributed by atoms with Crippen LogP contribution in [-0.4, -0.2) is 24.3 Å². The molecule has 1 unspecified atom stereocenters. The lowest BCUT2D eigenvalue weighted by Gasteiger charge is -2.13. The maximum atomic E-state index is 3.57. The molecule has 1 aliphatic rings. The highest BCUT2D eigenvalue weighted by atomic mass is 32.2. The minimum atomic E-state index is 0.866. The SMILES string of the molecule is CSc1ccccc1NCC1CCSC1. The molecule has 1 aromatic carbocycles. The molecule has 1 fully saturated rings. The summed E-state index contributed by atoms with van der Waals surface area (Å²) in [6, 6.07) is 8.55. The Morgan fingerprint density at radius 2 is 2.33 bits per heavy atom. The topological polar surface area (TPSA) is 12.0 Å². The van der Waals surface area contributed by atoms with Crippen LogP contribution in [0.1, 0.15) is 6.42 Å². The van der Waals surface area contributed by atoms with Crippen molar-refractivity contribution in [1.29, 1.82) is 0 Å². The standard InChI is InChI=1S/C12H17NS2/c1-14-12-5-3-2-4-11(12)13-8-10-6-7-15-9-10/h2-5,10,13H,6-9H2,1H3. The smallest absolute Gasteiger partial charge is 0.0478 e. The summed E-state index contributed by atoms with van der Waals surface area (Å²) in [6.45, 7) is 1.13. The first kappa shape index (κ1) is 11.2. The van der Waals surface area contributed by atoms with Crippen LogP contribution in [0.5, 0.6) is 0 Å². The van der Waals surface area contributed by atoms with Crippen molar-refractivity contribution < 1.29 is 0 Å². The largest absolute Gasteiger partial charge is 0.384 e. The molecule has 0 bridgehead atoms. The van der Waals surface area contributed by atoms with Gasteiger partial charge in [0, 0.05) is 17.1 Å². The summed E-state index contributed by atoms with van der Waals surface area (Å²) in [6.07, 6.45) is 3.50. The Morgan fingerprint density at radius 1 is 1.47 bits per heavy atom. The number of para-hydroxylation sites is 1. The van der Waals surface area contributed by atoms with Crippen LogP contribution < -0.4 is 5.32 Å². The highest BCUT2D eigenvalue weighted by molar-refractivity contribution is 7.99. The van der Waals surface area contributed by atoms with Crippen LogP contribution >= 0.6 is 23.5 Å². The first-order chi connectivity index (χ1) is 7.40. The summed E-state index contributed by atoms with van der Waals surface area (Å²) in [5.41, 5.74) is 1.29. The van der Waals surface area contributed by atoms with E-state index < -0.39 is 0 Å². The predicted molar refractivity (Wildman–Crippen MR) is 72.1 cm³/mol. The van der Waals surface area contributed by atoms with E-state index in [0.29, 0.717) is 0 Å². The number of anilines is 1. The molecule has 15 heavy (non-hydrogen) atoms. The van der Waals surface area contributed by atoms with E-state index in [1.54, 1.807) is 0 Å². The highest BCUT2D eigenvalue weighted by Crippen LogP contribution is 2.27. The normalized spacial score (nSPS) is 20.5. The average Bonchev–Trinajstić information content (AvgIpc) is 2.79. The van der Waals surface area contributed by atoms with Gasteiger partial charge in [0.1, 0.15) is 0 Å². The minimum absolute atomic E-state index is 0.866. The van der Waals surface area contributed by atoms with Crippen molar-refractivity contribution in [3.05, 3.63) is 24.3 Å². The summed E-state index contributed by atoms with van der Waals surface area (Å²) >= 11 is 3.89. The maximum Gasteiger partial charge on any atom is 0.0478 e. The molecule has 1 saturated heterocycles. The van der Waals surface area contributed by atoms with Gasteiger partial charge < -0.3 is 5.32 Å². The Bertz CT molecular complexity index is 308. The van der Waals surface area contributed by atoms with Gasteiger partial charge in [-0.05, 0) is 42.2 Å². The molecule has 1 nitrogen and oxygen atoms in total. The predicted octanol–water partition coefficient (Wildman–Crippen LogP) is 3.57. The van der Waals surface area contributed by atoms with E-state index in [4.69, 9.17) is 0 Å². The average molecular weight is 239 g/mol. The summed E-state index contributed by atoms with van der Waals surface area (Å²) in [7, 11) is 0. The van der Waals surface area contributed by atoms with E-state index in [1.807, 2.05) is 11.8 Å². The van der Waals surface area contributed by atoms with Gasteiger partial charge in [0.25, 0.3) is 0 Å². The Kier molecular flexibility index (Phi) is 4.27. The molecule has 1 aliphatic heterocycles. The molecule has 1 N–H and O–H groups in total. The first-order valence-electron chi connectivity index (χ1n) is 5.35. The molecule has 0 spiro atoms. The minimum Gasteiger partial charge on any atom is -0.384 e. The summed E-state index contributed by atoms with van der Waals surface area (Å²) < 4.78 is 0. The highest BCUT2D eigenvalue weighted by Gasteiger charge is 2.15. The molecule has 1 aromatic rings. The molecule has 3 heteroatoms. The second-order valence-corrected chi connectivity index (χ2v) is 5.81. The second kappa shape index (κ2) is 5.71. The lowest BCUT2D eigenvalue weighted by molar-refractivity contribution is 0.631. The molecule has 0 radical (unpaired) electrons. The lowest BCUT2D eigenvalue weighted by atomic mass is 10.1. The molecule has 0 amide bonds. The van der Waals surface area contributed by atoms with Crippen molar-refractivity contribution in [3.8, 4) is 0 Å². The Labute approximate surface area is 100 Å². The molecule has 0 aromatic heterocycles. The van der Waals surface area contributed by atoms with Gasteiger partial charge in [-0.2, -0.15) is 11.8 Å². The van der Waals surface area contributed by atoms with E-state index in [2.05, 4.69) is 47.6 Å². The van der Waals surface area contributed by atoms with Crippen molar-refractivity contribution in [1.82, 2.24) is 0 Å². The van der Waals surface area contributed by atoms with Gasteiger partial charge in [-0.3, -0.25) is 0 Å². The van der Waals surface area contributed by atoms with Crippen molar-refractivity contribution in [3.63, 3.8) is 0 Å². The van der Waals surface area contributed by atoms with E-state index in [1.165, 1.54) is 28.5 Å². The molecule has 82 valence electrons. The number of rotatable bonds is 4. The first-order valence-corrected chi connectivity index (χ1v) is 7.72. The number of hydrogen-bond acceptors (Lipinski definition) is 3. The summed E-state index contributed by atoms with van der Waals surface area (Å²) in [5, 5.41) is 3.57. The van der Waals surface area contributed by atoms with E-state index in [9.17, 15) is 0 Å². The van der Waals surface area contributed by atoms with Crippen LogP contribution in [0.25, 0.3) is 0 Å². The van der Waals surface area contributed by atoms with E-state index >= 15 is 0 Å². The van der Waals surface area contributed by atoms with E-state index in [0.717, 1.165) is 12.5 Å². The van der Waals surface area contributed by atoms with Crippen LogP contribution in [0.4, 0.5) is 5.69 Å². The molecule has 2 rings (SSSR count). The number of hydrogen-bond donors (Lipinski definition) is 1. The summed E-state index contributed by atoms with van der Waals surface area (Å²) in [5.74, 6) is 3.54. The molecule has 1 atom stereocenters. The maximum absolute atomic E-state index is 3.57. The third-order valence-electron chi connectivity index (χ3n) is 2.71. The Morgan fingerprint density at radius 3 is 3.07 bits per heavy atom. The third-order valence-corrected chi connectivity index (χ3v) is 4.74. The Balaban J connectivity index is 1.91. The van der Waals surface area contributed by atoms with Crippen LogP contribution in [-0.2, 0) is 0 Å². The van der Waals surface area contributed by atoms with Crippen molar-refractivity contribution >= 4 is 29.2 Å². The van der Waals surface area contributed by atoms with Crippen LogP contribution in [0.15, 0.2) is 29.2 Å². The fraction of sp³-hybridized carbons (Fsp3) is 0.500. The van der Waals surface area contributed by atoms with Crippen LogP contribution in [0, 0.1) is 5.92 Å². The van der Waals surface area contributed by atoms with Crippen molar-refractivity contribution in [2.24, 2.45) is 5.92 Å². The van der Waals surface area contributed by atoms with Gasteiger partial charge >= 0.3 is 0 Å². The van der Waals surface area contributed by atoms with Crippen LogP contribution in [0.2, 0.25) is 0 Å². The molecular formula is C12H17NS2. The van der Waals surface area contributed by atoms with Gasteiger partial charge in [-0.1, -0.05) is 12.1 Å². The van der Waals surface area contributed by atoms with Gasteiger partial charge in [-0.15, -0.1) is 11.8 Å². The number of benzene rings is 1. The quantitative estimate of drug-likeness (QED) is 0.807. The van der Waals surface area contributed by atoms with Gasteiger partial charge in [0.15, 0.2) is 0 Å². The van der Waals surface area contributed by atoms with Crippen molar-refractivity contribution in [2.45, 2.75) is 11.3 Å². The Hall–Kier alpha value is -0.280. The zero-order chi connectivity index (χ0) is 10.5. The zero-order valence-electron chi connectivity index (χ0n) is 9.03. The van der Waals surface area contributed by atoms with Gasteiger partial charge in [-0.25, -0.2) is 0 Å². The fourth-order valence-electron chi connectivity index (χ4n) is 1.79.